The third kappa shape index (κ3) is 4.74. The number of halogens is 2. The summed E-state index contributed by atoms with van der Waals surface area (Å²) in [6.07, 6.45) is 1.11. The van der Waals surface area contributed by atoms with Crippen LogP contribution in [-0.2, 0) is 6.61 Å². The van der Waals surface area contributed by atoms with Crippen LogP contribution < -0.4 is 15.1 Å². The number of rotatable bonds is 5. The fraction of sp³-hybridized carbons (Fsp3) is 0.217. The molecule has 0 radical (unpaired) electrons. The molecular formula is C23H20F2N2O4. The van der Waals surface area contributed by atoms with Crippen LogP contribution in [-0.4, -0.2) is 37.0 Å². The van der Waals surface area contributed by atoms with Gasteiger partial charge in [-0.05, 0) is 29.8 Å². The SMILES string of the molecule is O=C(c1cc(=O)c(OCc2ccc(F)cc2)co1)N1CCN(c2ccccc2F)CC1. The van der Waals surface area contributed by atoms with Crippen molar-refractivity contribution in [1.29, 1.82) is 0 Å². The second-order valence-corrected chi connectivity index (χ2v) is 7.12. The second-order valence-electron chi connectivity index (χ2n) is 7.12. The number of piperazine rings is 1. The molecule has 1 aliphatic rings. The highest BCUT2D eigenvalue weighted by Crippen LogP contribution is 2.21. The molecule has 2 aromatic carbocycles. The highest BCUT2D eigenvalue weighted by molar-refractivity contribution is 5.91. The number of hydrogen-bond acceptors (Lipinski definition) is 5. The summed E-state index contributed by atoms with van der Waals surface area (Å²) in [5.74, 6) is -1.19. The van der Waals surface area contributed by atoms with Crippen molar-refractivity contribution in [2.24, 2.45) is 0 Å². The molecule has 2 heterocycles. The maximum absolute atomic E-state index is 14.0. The highest BCUT2D eigenvalue weighted by atomic mass is 19.1. The molecule has 31 heavy (non-hydrogen) atoms. The number of hydrogen-bond donors (Lipinski definition) is 0. The van der Waals surface area contributed by atoms with E-state index >= 15 is 0 Å². The van der Waals surface area contributed by atoms with Gasteiger partial charge in [0.15, 0.2) is 5.76 Å². The molecule has 0 aliphatic carbocycles. The van der Waals surface area contributed by atoms with Crippen LogP contribution in [0.25, 0.3) is 0 Å². The van der Waals surface area contributed by atoms with Crippen LogP contribution in [0.4, 0.5) is 14.5 Å². The minimum Gasteiger partial charge on any atom is -0.482 e. The minimum atomic E-state index is -0.485. The fourth-order valence-electron chi connectivity index (χ4n) is 3.37. The standard InChI is InChI=1S/C23H20F2N2O4/c24-17-7-5-16(6-8-17)14-30-22-15-31-21(13-20(22)28)23(29)27-11-9-26(10-12-27)19-4-2-1-3-18(19)25/h1-8,13,15H,9-12,14H2. The zero-order valence-electron chi connectivity index (χ0n) is 16.6. The van der Waals surface area contributed by atoms with E-state index in [9.17, 15) is 18.4 Å². The Morgan fingerprint density at radius 1 is 1.00 bits per heavy atom. The first-order valence-corrected chi connectivity index (χ1v) is 9.80. The van der Waals surface area contributed by atoms with Crippen molar-refractivity contribution in [1.82, 2.24) is 4.90 Å². The van der Waals surface area contributed by atoms with Crippen LogP contribution in [0, 0.1) is 11.6 Å². The van der Waals surface area contributed by atoms with E-state index in [2.05, 4.69) is 0 Å². The summed E-state index contributed by atoms with van der Waals surface area (Å²) in [4.78, 5) is 28.5. The van der Waals surface area contributed by atoms with E-state index in [-0.39, 0.29) is 29.8 Å². The summed E-state index contributed by atoms with van der Waals surface area (Å²) in [6.45, 7) is 1.75. The molecule has 3 aromatic rings. The highest BCUT2D eigenvalue weighted by Gasteiger charge is 2.25. The van der Waals surface area contributed by atoms with Gasteiger partial charge in [0.2, 0.25) is 11.2 Å². The molecular weight excluding hydrogens is 406 g/mol. The number of carbonyl (C=O) groups is 1. The first-order chi connectivity index (χ1) is 15.0. The molecule has 0 spiro atoms. The summed E-state index contributed by atoms with van der Waals surface area (Å²) in [7, 11) is 0. The Labute approximate surface area is 177 Å². The van der Waals surface area contributed by atoms with Crippen LogP contribution in [0.3, 0.4) is 0 Å². The predicted octanol–water partition coefficient (Wildman–Crippen LogP) is 3.46. The van der Waals surface area contributed by atoms with E-state index in [4.69, 9.17) is 9.15 Å². The third-order valence-electron chi connectivity index (χ3n) is 5.08. The molecule has 0 N–H and O–H groups in total. The molecule has 1 aliphatic heterocycles. The molecule has 1 amide bonds. The molecule has 6 nitrogen and oxygen atoms in total. The van der Waals surface area contributed by atoms with Gasteiger partial charge in [-0.1, -0.05) is 24.3 Å². The van der Waals surface area contributed by atoms with Crippen molar-refractivity contribution in [2.75, 3.05) is 31.1 Å². The fourth-order valence-corrected chi connectivity index (χ4v) is 3.37. The van der Waals surface area contributed by atoms with Crippen molar-refractivity contribution in [3.8, 4) is 5.75 Å². The predicted molar refractivity (Wildman–Crippen MR) is 110 cm³/mol. The summed E-state index contributed by atoms with van der Waals surface area (Å²) < 4.78 is 37.7. The molecule has 1 saturated heterocycles. The van der Waals surface area contributed by atoms with E-state index in [1.807, 2.05) is 4.90 Å². The van der Waals surface area contributed by atoms with Crippen LogP contribution >= 0.6 is 0 Å². The molecule has 1 aromatic heterocycles. The van der Waals surface area contributed by atoms with Gasteiger partial charge in [-0.25, -0.2) is 8.78 Å². The first-order valence-electron chi connectivity index (χ1n) is 9.80. The minimum absolute atomic E-state index is 0.0368. The maximum Gasteiger partial charge on any atom is 0.289 e. The van der Waals surface area contributed by atoms with Crippen molar-refractivity contribution >= 4 is 11.6 Å². The van der Waals surface area contributed by atoms with E-state index in [1.54, 1.807) is 35.2 Å². The monoisotopic (exact) mass is 426 g/mol. The van der Waals surface area contributed by atoms with Crippen molar-refractivity contribution < 1.29 is 22.7 Å². The van der Waals surface area contributed by atoms with Crippen LogP contribution in [0.2, 0.25) is 0 Å². The van der Waals surface area contributed by atoms with Crippen molar-refractivity contribution in [2.45, 2.75) is 6.61 Å². The quantitative estimate of drug-likeness (QED) is 0.625. The Bertz CT molecular complexity index is 1120. The van der Waals surface area contributed by atoms with E-state index in [1.165, 1.54) is 18.2 Å². The van der Waals surface area contributed by atoms with Crippen molar-refractivity contribution in [3.05, 3.63) is 94.0 Å². The molecule has 160 valence electrons. The van der Waals surface area contributed by atoms with Crippen LogP contribution in [0.1, 0.15) is 16.1 Å². The third-order valence-corrected chi connectivity index (χ3v) is 5.08. The zero-order valence-corrected chi connectivity index (χ0v) is 16.6. The lowest BCUT2D eigenvalue weighted by Crippen LogP contribution is -2.49. The maximum atomic E-state index is 14.0. The van der Waals surface area contributed by atoms with Gasteiger partial charge in [-0.3, -0.25) is 9.59 Å². The summed E-state index contributed by atoms with van der Waals surface area (Å²) in [6, 6.07) is 13.3. The molecule has 1 fully saturated rings. The van der Waals surface area contributed by atoms with Gasteiger partial charge in [0.05, 0.1) is 5.69 Å². The Hall–Kier alpha value is -3.68. The van der Waals surface area contributed by atoms with E-state index in [0.717, 1.165) is 12.3 Å². The lowest BCUT2D eigenvalue weighted by molar-refractivity contribution is 0.0710. The van der Waals surface area contributed by atoms with E-state index in [0.29, 0.717) is 37.4 Å². The number of carbonyl (C=O) groups excluding carboxylic acids is 1. The Morgan fingerprint density at radius 3 is 2.39 bits per heavy atom. The molecule has 8 heteroatoms. The first kappa shape index (κ1) is 20.6. The topological polar surface area (TPSA) is 63.0 Å². The number of para-hydroxylation sites is 1. The normalized spacial score (nSPS) is 13.9. The molecule has 0 bridgehead atoms. The number of anilines is 1. The second kappa shape index (κ2) is 8.99. The number of benzene rings is 2. The summed E-state index contributed by atoms with van der Waals surface area (Å²) in [5.41, 5.74) is 0.708. The average Bonchev–Trinajstić information content (AvgIpc) is 2.79. The number of ether oxygens (including phenoxy) is 1. The van der Waals surface area contributed by atoms with E-state index < -0.39 is 11.3 Å². The molecule has 0 atom stereocenters. The largest absolute Gasteiger partial charge is 0.482 e. The average molecular weight is 426 g/mol. The van der Waals surface area contributed by atoms with Gasteiger partial charge in [0.25, 0.3) is 5.91 Å². The smallest absolute Gasteiger partial charge is 0.289 e. The van der Waals surface area contributed by atoms with Gasteiger partial charge in [-0.15, -0.1) is 0 Å². The van der Waals surface area contributed by atoms with Gasteiger partial charge in [-0.2, -0.15) is 0 Å². The Balaban J connectivity index is 1.37. The summed E-state index contributed by atoms with van der Waals surface area (Å²) >= 11 is 0. The number of amides is 1. The molecule has 0 saturated carbocycles. The van der Waals surface area contributed by atoms with Crippen molar-refractivity contribution in [3.63, 3.8) is 0 Å². The number of nitrogens with zero attached hydrogens (tertiary/aromatic N) is 2. The summed E-state index contributed by atoms with van der Waals surface area (Å²) in [5, 5.41) is 0. The van der Waals surface area contributed by atoms with Crippen LogP contribution in [0.5, 0.6) is 5.75 Å². The van der Waals surface area contributed by atoms with Gasteiger partial charge in [0, 0.05) is 32.2 Å². The lowest BCUT2D eigenvalue weighted by atomic mass is 10.2. The zero-order chi connectivity index (χ0) is 21.8. The van der Waals surface area contributed by atoms with Gasteiger partial charge in [0.1, 0.15) is 24.5 Å². The molecule has 4 rings (SSSR count). The Kier molecular flexibility index (Phi) is 5.97. The Morgan fingerprint density at radius 2 is 1.71 bits per heavy atom. The van der Waals surface area contributed by atoms with Crippen LogP contribution in [0.15, 0.2) is 70.1 Å². The van der Waals surface area contributed by atoms with Gasteiger partial charge < -0.3 is 19.0 Å². The van der Waals surface area contributed by atoms with Gasteiger partial charge >= 0.3 is 0 Å². The lowest BCUT2D eigenvalue weighted by Gasteiger charge is -2.35. The molecule has 0 unspecified atom stereocenters.